The number of aliphatic imine (C=N–C) groups is 2. The Balaban J connectivity index is 1.12. The molecule has 3 aliphatic rings. The number of amidine groups is 2. The van der Waals surface area contributed by atoms with Gasteiger partial charge < -0.3 is 20.1 Å². The van der Waals surface area contributed by atoms with E-state index in [0.717, 1.165) is 23.2 Å². The van der Waals surface area contributed by atoms with E-state index in [0.29, 0.717) is 41.2 Å². The van der Waals surface area contributed by atoms with Crippen molar-refractivity contribution in [3.8, 4) is 11.5 Å². The van der Waals surface area contributed by atoms with Crippen LogP contribution in [-0.2, 0) is 27.3 Å². The zero-order valence-corrected chi connectivity index (χ0v) is 25.4. The van der Waals surface area contributed by atoms with Gasteiger partial charge in [-0.15, -0.1) is 0 Å². The van der Waals surface area contributed by atoms with E-state index in [1.165, 1.54) is 22.2 Å². The zero-order chi connectivity index (χ0) is 30.6. The molecule has 0 unspecified atom stereocenters. The molecule has 0 saturated carbocycles. The topological polar surface area (TPSA) is 122 Å². The zero-order valence-electron chi connectivity index (χ0n) is 24.5. The molecule has 226 valence electrons. The third-order valence-electron chi connectivity index (χ3n) is 7.66. The second-order valence-corrected chi connectivity index (χ2v) is 11.8. The molecule has 44 heavy (non-hydrogen) atoms. The summed E-state index contributed by atoms with van der Waals surface area (Å²) in [5.74, 6) is 1.24. The van der Waals surface area contributed by atoms with Crippen molar-refractivity contribution in [2.24, 2.45) is 9.98 Å². The maximum Gasteiger partial charge on any atom is 0.259 e. The fourth-order valence-corrected chi connectivity index (χ4v) is 6.19. The maximum absolute atomic E-state index is 13.7. The Hall–Kier alpha value is -4.64. The van der Waals surface area contributed by atoms with Crippen molar-refractivity contribution >= 4 is 51.9 Å². The molecule has 3 aromatic carbocycles. The first-order valence-electron chi connectivity index (χ1n) is 14.7. The van der Waals surface area contributed by atoms with Crippen LogP contribution in [0.25, 0.3) is 0 Å². The van der Waals surface area contributed by atoms with Crippen LogP contribution in [0.1, 0.15) is 49.8 Å². The Bertz CT molecular complexity index is 1650. The summed E-state index contributed by atoms with van der Waals surface area (Å²) in [6.07, 6.45) is 1.83. The van der Waals surface area contributed by atoms with Gasteiger partial charge in [0, 0.05) is 24.2 Å². The third kappa shape index (κ3) is 6.19. The molecule has 0 radical (unpaired) electrons. The average molecular weight is 612 g/mol. The van der Waals surface area contributed by atoms with E-state index >= 15 is 0 Å². The molecule has 0 fully saturated rings. The number of nitrogens with zero attached hydrogens (tertiary/aromatic N) is 3. The number of carbonyl (C=O) groups is 3. The second kappa shape index (κ2) is 12.9. The molecule has 3 heterocycles. The highest BCUT2D eigenvalue weighted by Gasteiger charge is 2.42. The molecule has 3 amide bonds. The number of benzene rings is 3. The standard InChI is InChI=1S/C33H33N5O5S/c1-3-20-9-12-22(13-10-20)35-31(40)28(4-2)44-33-37-24-8-6-5-7-23(24)30-36-25(32(41)38(30)33)14-16-29(39)34-18-21-11-15-26-27(17-21)43-19-42-26/h5-13,15,17,25,28H,3-4,14,16,18-19H2,1-2H3,(H,34,39)(H,35,40)/t25-,28+/m0/s1. The number of hydrogen-bond donors (Lipinski definition) is 2. The van der Waals surface area contributed by atoms with Gasteiger partial charge in [-0.1, -0.05) is 55.9 Å². The summed E-state index contributed by atoms with van der Waals surface area (Å²) < 4.78 is 10.7. The summed E-state index contributed by atoms with van der Waals surface area (Å²) in [6.45, 7) is 4.54. The lowest BCUT2D eigenvalue weighted by molar-refractivity contribution is -0.125. The normalized spacial score (nSPS) is 16.9. The van der Waals surface area contributed by atoms with Crippen molar-refractivity contribution in [2.75, 3.05) is 12.1 Å². The number of hydrogen-bond acceptors (Lipinski definition) is 8. The molecular formula is C33H33N5O5S. The Labute approximate surface area is 259 Å². The minimum Gasteiger partial charge on any atom is -0.454 e. The van der Waals surface area contributed by atoms with Gasteiger partial charge in [-0.3, -0.25) is 19.4 Å². The van der Waals surface area contributed by atoms with E-state index in [2.05, 4.69) is 17.6 Å². The number of anilines is 1. The predicted octanol–water partition coefficient (Wildman–Crippen LogP) is 5.18. The quantitative estimate of drug-likeness (QED) is 0.326. The monoisotopic (exact) mass is 611 g/mol. The van der Waals surface area contributed by atoms with E-state index in [-0.39, 0.29) is 37.4 Å². The highest BCUT2D eigenvalue weighted by atomic mass is 32.2. The number of thioether (sulfide) groups is 1. The second-order valence-electron chi connectivity index (χ2n) is 10.6. The fraction of sp³-hybridized carbons (Fsp3) is 0.303. The van der Waals surface area contributed by atoms with Gasteiger partial charge in [-0.25, -0.2) is 9.89 Å². The SMILES string of the molecule is CCc1ccc(NC(=O)[C@@H](CC)SC2=Nc3ccccc3C3=N[C@@H](CCC(=O)NCc4ccc5c(c4)OCO5)C(=O)N23)cc1. The van der Waals surface area contributed by atoms with Gasteiger partial charge in [0.05, 0.1) is 10.9 Å². The van der Waals surface area contributed by atoms with Gasteiger partial charge in [0.1, 0.15) is 11.9 Å². The molecule has 2 atom stereocenters. The first kappa shape index (κ1) is 29.4. The number of rotatable bonds is 10. The Morgan fingerprint density at radius 3 is 2.59 bits per heavy atom. The van der Waals surface area contributed by atoms with Crippen LogP contribution in [0.2, 0.25) is 0 Å². The summed E-state index contributed by atoms with van der Waals surface area (Å²) in [6, 6.07) is 20.1. The summed E-state index contributed by atoms with van der Waals surface area (Å²) >= 11 is 1.25. The number of amides is 3. The summed E-state index contributed by atoms with van der Waals surface area (Å²) in [5.41, 5.74) is 4.23. The molecule has 0 aromatic heterocycles. The number of para-hydroxylation sites is 1. The van der Waals surface area contributed by atoms with Gasteiger partial charge in [0.25, 0.3) is 5.91 Å². The van der Waals surface area contributed by atoms with Gasteiger partial charge in [-0.2, -0.15) is 0 Å². The van der Waals surface area contributed by atoms with Gasteiger partial charge in [0.2, 0.25) is 18.6 Å². The molecule has 0 spiro atoms. The van der Waals surface area contributed by atoms with Crippen LogP contribution in [0.4, 0.5) is 11.4 Å². The third-order valence-corrected chi connectivity index (χ3v) is 8.98. The van der Waals surface area contributed by atoms with Crippen LogP contribution in [-0.4, -0.2) is 51.7 Å². The van der Waals surface area contributed by atoms with Crippen molar-refractivity contribution < 1.29 is 23.9 Å². The van der Waals surface area contributed by atoms with Crippen molar-refractivity contribution in [3.05, 3.63) is 83.4 Å². The van der Waals surface area contributed by atoms with Crippen LogP contribution >= 0.6 is 11.8 Å². The van der Waals surface area contributed by atoms with Crippen LogP contribution < -0.4 is 20.1 Å². The molecule has 11 heteroatoms. The van der Waals surface area contributed by atoms with Crippen molar-refractivity contribution in [3.63, 3.8) is 0 Å². The molecule has 10 nitrogen and oxygen atoms in total. The predicted molar refractivity (Wildman–Crippen MR) is 170 cm³/mol. The summed E-state index contributed by atoms with van der Waals surface area (Å²) in [4.78, 5) is 50.8. The summed E-state index contributed by atoms with van der Waals surface area (Å²) in [5, 5.41) is 5.82. The minimum atomic E-state index is -0.732. The molecule has 6 rings (SSSR count). The lowest BCUT2D eigenvalue weighted by Gasteiger charge is -2.27. The van der Waals surface area contributed by atoms with Crippen LogP contribution in [0, 0.1) is 0 Å². The van der Waals surface area contributed by atoms with E-state index in [9.17, 15) is 14.4 Å². The maximum atomic E-state index is 13.7. The van der Waals surface area contributed by atoms with E-state index in [1.807, 2.05) is 73.7 Å². The molecular weight excluding hydrogens is 578 g/mol. The first-order chi connectivity index (χ1) is 21.4. The number of aryl methyl sites for hydroxylation is 1. The van der Waals surface area contributed by atoms with Crippen LogP contribution in [0.3, 0.4) is 0 Å². The number of ether oxygens (including phenoxy) is 2. The van der Waals surface area contributed by atoms with Gasteiger partial charge in [-0.05, 0) is 66.8 Å². The van der Waals surface area contributed by atoms with Gasteiger partial charge in [0.15, 0.2) is 16.7 Å². The Morgan fingerprint density at radius 1 is 1.02 bits per heavy atom. The van der Waals surface area contributed by atoms with Gasteiger partial charge >= 0.3 is 0 Å². The van der Waals surface area contributed by atoms with E-state index in [4.69, 9.17) is 19.5 Å². The number of fused-ring (bicyclic) bond motifs is 4. The Kier molecular flexibility index (Phi) is 8.65. The molecule has 3 aromatic rings. The minimum absolute atomic E-state index is 0.129. The number of nitrogens with one attached hydrogen (secondary N) is 2. The lowest BCUT2D eigenvalue weighted by atomic mass is 10.1. The number of carbonyl (C=O) groups excluding carboxylic acids is 3. The molecule has 0 aliphatic carbocycles. The molecule has 0 saturated heterocycles. The smallest absolute Gasteiger partial charge is 0.259 e. The summed E-state index contributed by atoms with van der Waals surface area (Å²) in [7, 11) is 0. The van der Waals surface area contributed by atoms with Crippen LogP contribution in [0.5, 0.6) is 11.5 Å². The van der Waals surface area contributed by atoms with E-state index < -0.39 is 11.3 Å². The van der Waals surface area contributed by atoms with Crippen molar-refractivity contribution in [1.82, 2.24) is 10.2 Å². The average Bonchev–Trinajstić information content (AvgIpc) is 3.65. The first-order valence-corrected chi connectivity index (χ1v) is 15.6. The van der Waals surface area contributed by atoms with E-state index in [1.54, 1.807) is 0 Å². The van der Waals surface area contributed by atoms with Crippen LogP contribution in [0.15, 0.2) is 76.7 Å². The molecule has 3 aliphatic heterocycles. The molecule has 0 bridgehead atoms. The Morgan fingerprint density at radius 2 is 1.80 bits per heavy atom. The van der Waals surface area contributed by atoms with Crippen molar-refractivity contribution in [2.45, 2.75) is 57.4 Å². The lowest BCUT2D eigenvalue weighted by Crippen LogP contribution is -2.42. The van der Waals surface area contributed by atoms with Crippen molar-refractivity contribution in [1.29, 1.82) is 0 Å². The fourth-order valence-electron chi connectivity index (χ4n) is 5.17. The highest BCUT2D eigenvalue weighted by molar-refractivity contribution is 8.15. The molecule has 2 N–H and O–H groups in total. The highest BCUT2D eigenvalue weighted by Crippen LogP contribution is 2.36. The largest absolute Gasteiger partial charge is 0.454 e.